The summed E-state index contributed by atoms with van der Waals surface area (Å²) < 4.78 is 11.8. The topological polar surface area (TPSA) is 106 Å². The molecule has 0 aliphatic heterocycles. The Balaban J connectivity index is 2.30. The molecule has 1 rings (SSSR count). The molecule has 0 bridgehead atoms. The second-order valence-corrected chi connectivity index (χ2v) is 5.07. The summed E-state index contributed by atoms with van der Waals surface area (Å²) in [5, 5.41) is 13.7. The lowest BCUT2D eigenvalue weighted by atomic mass is 10.4. The number of nitriles is 1. The van der Waals surface area contributed by atoms with Crippen LogP contribution in [0.4, 0.5) is 0 Å². The first kappa shape index (κ1) is 14.2. The maximum Gasteiger partial charge on any atom is 0.204 e. The monoisotopic (exact) mass is 268 g/mol. The number of aryl methyl sites for hydroxylation is 1. The Kier molecular flexibility index (Phi) is 5.87. The van der Waals surface area contributed by atoms with Gasteiger partial charge in [0.15, 0.2) is 6.19 Å². The van der Waals surface area contributed by atoms with E-state index in [0.717, 1.165) is 11.4 Å². The Morgan fingerprint density at radius 3 is 3.06 bits per heavy atom. The van der Waals surface area contributed by atoms with Gasteiger partial charge in [-0.15, -0.1) is 0 Å². The first-order chi connectivity index (χ1) is 8.67. The van der Waals surface area contributed by atoms with Crippen molar-refractivity contribution in [1.29, 1.82) is 5.26 Å². The van der Waals surface area contributed by atoms with Crippen molar-refractivity contribution in [2.24, 2.45) is 4.99 Å². The molecular weight excluding hydrogens is 252 g/mol. The number of imidazole rings is 1. The van der Waals surface area contributed by atoms with Crippen molar-refractivity contribution in [3.63, 3.8) is 0 Å². The normalized spacial score (nSPS) is 12.8. The van der Waals surface area contributed by atoms with Crippen LogP contribution in [0.2, 0.25) is 0 Å². The van der Waals surface area contributed by atoms with Crippen molar-refractivity contribution in [3.8, 4) is 6.19 Å². The maximum absolute atomic E-state index is 11.8. The number of aliphatic imine (C=N–C) groups is 1. The fraction of sp³-hybridized carbons (Fsp3) is 0.500. The van der Waals surface area contributed by atoms with Crippen LogP contribution in [0.3, 0.4) is 0 Å². The minimum absolute atomic E-state index is 0.380. The van der Waals surface area contributed by atoms with Gasteiger partial charge in [0.1, 0.15) is 0 Å². The number of guanidine groups is 1. The smallest absolute Gasteiger partial charge is 0.204 e. The highest BCUT2D eigenvalue weighted by molar-refractivity contribution is 7.84. The third-order valence-electron chi connectivity index (χ3n) is 2.25. The van der Waals surface area contributed by atoms with Gasteiger partial charge in [-0.25, -0.2) is 4.98 Å². The molecule has 0 spiro atoms. The lowest BCUT2D eigenvalue weighted by Crippen LogP contribution is -2.36. The van der Waals surface area contributed by atoms with E-state index in [4.69, 9.17) is 5.26 Å². The van der Waals surface area contributed by atoms with Crippen molar-refractivity contribution >= 4 is 16.8 Å². The highest BCUT2D eigenvalue weighted by Gasteiger charge is 2.07. The molecule has 7 nitrogen and oxygen atoms in total. The molecule has 0 radical (unpaired) electrons. The third-order valence-corrected chi connectivity index (χ3v) is 3.51. The number of aromatic nitrogens is 2. The molecule has 98 valence electrons. The van der Waals surface area contributed by atoms with E-state index in [0.29, 0.717) is 24.0 Å². The average Bonchev–Trinajstić information content (AvgIpc) is 2.74. The van der Waals surface area contributed by atoms with Gasteiger partial charge in [0.25, 0.3) is 0 Å². The van der Waals surface area contributed by atoms with Crippen molar-refractivity contribution < 1.29 is 4.21 Å². The average molecular weight is 268 g/mol. The summed E-state index contributed by atoms with van der Waals surface area (Å²) in [6, 6.07) is 0. The molecule has 0 amide bonds. The second-order valence-electron chi connectivity index (χ2n) is 3.50. The molecule has 1 heterocycles. The quantitative estimate of drug-likeness (QED) is 0.292. The second kappa shape index (κ2) is 7.45. The van der Waals surface area contributed by atoms with Crippen molar-refractivity contribution in [2.45, 2.75) is 12.7 Å². The van der Waals surface area contributed by atoms with Crippen molar-refractivity contribution in [1.82, 2.24) is 20.6 Å². The first-order valence-corrected chi connectivity index (χ1v) is 6.85. The molecule has 0 unspecified atom stereocenters. The molecule has 0 saturated heterocycles. The number of aromatic amines is 1. The fourth-order valence-corrected chi connectivity index (χ4v) is 2.34. The van der Waals surface area contributed by atoms with Crippen LogP contribution in [0.1, 0.15) is 11.4 Å². The summed E-state index contributed by atoms with van der Waals surface area (Å²) >= 11 is 0. The number of nitrogens with zero attached hydrogens (tertiary/aromatic N) is 3. The van der Waals surface area contributed by atoms with E-state index in [1.54, 1.807) is 19.6 Å². The number of hydrogen-bond donors (Lipinski definition) is 3. The van der Waals surface area contributed by atoms with Gasteiger partial charge in [0, 0.05) is 35.8 Å². The van der Waals surface area contributed by atoms with Gasteiger partial charge in [0.2, 0.25) is 5.96 Å². The predicted octanol–water partition coefficient (Wildman–Crippen LogP) is -0.387. The van der Waals surface area contributed by atoms with E-state index in [1.165, 1.54) is 0 Å². The van der Waals surface area contributed by atoms with Crippen LogP contribution < -0.4 is 10.6 Å². The minimum Gasteiger partial charge on any atom is -0.355 e. The van der Waals surface area contributed by atoms with Gasteiger partial charge in [-0.05, 0) is 6.92 Å². The van der Waals surface area contributed by atoms with Crippen LogP contribution in [-0.4, -0.2) is 39.5 Å². The molecule has 0 fully saturated rings. The van der Waals surface area contributed by atoms with Crippen LogP contribution in [0, 0.1) is 18.4 Å². The third kappa shape index (κ3) is 4.55. The van der Waals surface area contributed by atoms with Gasteiger partial charge < -0.3 is 10.3 Å². The largest absolute Gasteiger partial charge is 0.355 e. The summed E-state index contributed by atoms with van der Waals surface area (Å²) in [7, 11) is 0.573. The maximum atomic E-state index is 11.8. The number of H-pyrrole nitrogens is 1. The Morgan fingerprint density at radius 2 is 2.50 bits per heavy atom. The molecule has 18 heavy (non-hydrogen) atoms. The summed E-state index contributed by atoms with van der Waals surface area (Å²) in [5.74, 6) is 1.28. The molecule has 1 aromatic rings. The summed E-state index contributed by atoms with van der Waals surface area (Å²) in [6.07, 6.45) is 3.36. The first-order valence-electron chi connectivity index (χ1n) is 5.37. The lowest BCUT2D eigenvalue weighted by Gasteiger charge is -2.06. The molecule has 1 aromatic heterocycles. The summed E-state index contributed by atoms with van der Waals surface area (Å²) in [4.78, 5) is 10.9. The van der Waals surface area contributed by atoms with Crippen LogP contribution >= 0.6 is 0 Å². The Morgan fingerprint density at radius 1 is 1.72 bits per heavy atom. The standard InChI is InChI=1S/C10H16N6OS/c1-8-9(16-7-15-8)5-18(17)4-3-13-10(12-2)14-6-11/h7H,3-5H2,1-2H3,(H,15,16)(H2,12,13,14)/t18-/m0/s1. The van der Waals surface area contributed by atoms with Crippen LogP contribution in [-0.2, 0) is 16.6 Å². The zero-order valence-electron chi connectivity index (χ0n) is 10.4. The highest BCUT2D eigenvalue weighted by atomic mass is 32.2. The zero-order valence-corrected chi connectivity index (χ0v) is 11.2. The Labute approximate surface area is 108 Å². The molecule has 3 N–H and O–H groups in total. The van der Waals surface area contributed by atoms with E-state index < -0.39 is 10.8 Å². The van der Waals surface area contributed by atoms with Crippen LogP contribution in [0.15, 0.2) is 11.3 Å². The number of rotatable bonds is 5. The van der Waals surface area contributed by atoms with E-state index in [1.807, 2.05) is 6.92 Å². The molecule has 0 saturated carbocycles. The van der Waals surface area contributed by atoms with Crippen molar-refractivity contribution in [3.05, 3.63) is 17.7 Å². The van der Waals surface area contributed by atoms with E-state index in [-0.39, 0.29) is 0 Å². The van der Waals surface area contributed by atoms with Crippen molar-refractivity contribution in [2.75, 3.05) is 19.3 Å². The fourth-order valence-electron chi connectivity index (χ4n) is 1.27. The van der Waals surface area contributed by atoms with Gasteiger partial charge in [-0.2, -0.15) is 5.26 Å². The molecule has 0 aromatic carbocycles. The molecule has 0 aliphatic carbocycles. The number of nitrogens with one attached hydrogen (secondary N) is 3. The van der Waals surface area contributed by atoms with E-state index in [2.05, 4.69) is 25.6 Å². The Hall–Kier alpha value is -1.88. The SMILES string of the molecule is CN=C(NC#N)NCC[S@](=O)Cc1nc[nH]c1C. The van der Waals surface area contributed by atoms with Crippen LogP contribution in [0.5, 0.6) is 0 Å². The Bertz CT molecular complexity index is 475. The van der Waals surface area contributed by atoms with Gasteiger partial charge in [0.05, 0.1) is 17.8 Å². The molecule has 0 aliphatic rings. The molecule has 8 heteroatoms. The zero-order chi connectivity index (χ0) is 13.4. The van der Waals surface area contributed by atoms with Gasteiger partial charge in [-0.3, -0.25) is 14.5 Å². The summed E-state index contributed by atoms with van der Waals surface area (Å²) in [6.45, 7) is 2.38. The minimum atomic E-state index is -0.993. The van der Waals surface area contributed by atoms with E-state index >= 15 is 0 Å². The van der Waals surface area contributed by atoms with E-state index in [9.17, 15) is 4.21 Å². The van der Waals surface area contributed by atoms with Crippen LogP contribution in [0.25, 0.3) is 0 Å². The molecular formula is C10H16N6OS. The van der Waals surface area contributed by atoms with Gasteiger partial charge >= 0.3 is 0 Å². The lowest BCUT2D eigenvalue weighted by molar-refractivity contribution is 0.680. The van der Waals surface area contributed by atoms with Gasteiger partial charge in [-0.1, -0.05) is 0 Å². The molecule has 1 atom stereocenters. The predicted molar refractivity (Wildman–Crippen MR) is 70.1 cm³/mol. The summed E-state index contributed by atoms with van der Waals surface area (Å²) in [5.41, 5.74) is 1.77. The number of hydrogen-bond acceptors (Lipinski definition) is 4. The highest BCUT2D eigenvalue weighted by Crippen LogP contribution is 2.03.